The van der Waals surface area contributed by atoms with Crippen molar-refractivity contribution >= 4 is 0 Å². The number of nitrogens with zero attached hydrogens (tertiary/aromatic N) is 1. The SMILES string of the molecule is CCOCCOCCn1cc2c(c1)OOCCC2. The molecule has 0 aliphatic carbocycles. The predicted octanol–water partition coefficient (Wildman–Crippen LogP) is 1.80. The second kappa shape index (κ2) is 7.41. The molecule has 1 aromatic heterocycles. The summed E-state index contributed by atoms with van der Waals surface area (Å²) in [5.41, 5.74) is 1.21. The van der Waals surface area contributed by atoms with Gasteiger partial charge >= 0.3 is 0 Å². The molecule has 0 atom stereocenters. The van der Waals surface area contributed by atoms with E-state index in [0.717, 1.165) is 31.7 Å². The maximum absolute atomic E-state index is 5.48. The van der Waals surface area contributed by atoms with Gasteiger partial charge in [-0.25, -0.2) is 0 Å². The van der Waals surface area contributed by atoms with Crippen molar-refractivity contribution in [2.75, 3.05) is 33.0 Å². The summed E-state index contributed by atoms with van der Waals surface area (Å²) in [6.07, 6.45) is 6.08. The smallest absolute Gasteiger partial charge is 0.186 e. The molecule has 0 bridgehead atoms. The molecule has 0 unspecified atom stereocenters. The van der Waals surface area contributed by atoms with Crippen LogP contribution in [0, 0.1) is 0 Å². The minimum atomic E-state index is 0.647. The van der Waals surface area contributed by atoms with E-state index < -0.39 is 0 Å². The minimum absolute atomic E-state index is 0.647. The molecule has 18 heavy (non-hydrogen) atoms. The summed E-state index contributed by atoms with van der Waals surface area (Å²) < 4.78 is 12.8. The fraction of sp³-hybridized carbons (Fsp3) is 0.692. The average molecular weight is 255 g/mol. The zero-order valence-corrected chi connectivity index (χ0v) is 10.9. The molecule has 1 aliphatic rings. The zero-order valence-electron chi connectivity index (χ0n) is 10.9. The van der Waals surface area contributed by atoms with Gasteiger partial charge in [-0.3, -0.25) is 0 Å². The van der Waals surface area contributed by atoms with Crippen LogP contribution in [0.2, 0.25) is 0 Å². The number of aromatic nitrogens is 1. The molecule has 0 saturated carbocycles. The third kappa shape index (κ3) is 4.01. The Morgan fingerprint density at radius 1 is 1.22 bits per heavy atom. The molecule has 0 saturated heterocycles. The monoisotopic (exact) mass is 255 g/mol. The van der Waals surface area contributed by atoms with Crippen molar-refractivity contribution in [3.05, 3.63) is 18.0 Å². The molecule has 0 amide bonds. The Balaban J connectivity index is 1.70. The second-order valence-electron chi connectivity index (χ2n) is 4.20. The van der Waals surface area contributed by atoms with E-state index in [1.54, 1.807) is 0 Å². The average Bonchev–Trinajstić information content (AvgIpc) is 2.64. The fourth-order valence-corrected chi connectivity index (χ4v) is 1.89. The molecule has 1 aromatic rings. The Kier molecular flexibility index (Phi) is 5.51. The van der Waals surface area contributed by atoms with Crippen molar-refractivity contribution in [1.82, 2.24) is 4.57 Å². The molecule has 0 aromatic carbocycles. The van der Waals surface area contributed by atoms with Gasteiger partial charge in [0.2, 0.25) is 0 Å². The Hall–Kier alpha value is -1.04. The van der Waals surface area contributed by atoms with Crippen LogP contribution in [0.1, 0.15) is 18.9 Å². The molecule has 0 fully saturated rings. The standard InChI is InChI=1S/C13H21NO4/c1-2-15-8-9-16-7-5-14-10-12-4-3-6-17-18-13(12)11-14/h10-11H,2-9H2,1H3. The molecule has 0 N–H and O–H groups in total. The van der Waals surface area contributed by atoms with Gasteiger partial charge in [0.1, 0.15) is 0 Å². The van der Waals surface area contributed by atoms with E-state index in [4.69, 9.17) is 19.2 Å². The third-order valence-corrected chi connectivity index (χ3v) is 2.81. The first-order valence-corrected chi connectivity index (χ1v) is 6.53. The van der Waals surface area contributed by atoms with Gasteiger partial charge in [0, 0.05) is 24.9 Å². The number of rotatable bonds is 7. The van der Waals surface area contributed by atoms with E-state index in [1.807, 2.05) is 13.1 Å². The molecular formula is C13H21NO4. The van der Waals surface area contributed by atoms with Crippen molar-refractivity contribution < 1.29 is 19.2 Å². The van der Waals surface area contributed by atoms with Crippen molar-refractivity contribution in [3.63, 3.8) is 0 Å². The van der Waals surface area contributed by atoms with Crippen molar-refractivity contribution in [2.45, 2.75) is 26.3 Å². The quantitative estimate of drug-likeness (QED) is 0.550. The summed E-state index contributed by atoms with van der Waals surface area (Å²) in [6.45, 7) is 6.20. The summed E-state index contributed by atoms with van der Waals surface area (Å²) in [7, 11) is 0. The van der Waals surface area contributed by atoms with Gasteiger partial charge in [-0.05, 0) is 19.8 Å². The summed E-state index contributed by atoms with van der Waals surface area (Å²) in [6, 6.07) is 0. The molecule has 0 spiro atoms. The lowest BCUT2D eigenvalue weighted by Gasteiger charge is -2.05. The molecule has 5 heteroatoms. The lowest BCUT2D eigenvalue weighted by molar-refractivity contribution is -0.203. The largest absolute Gasteiger partial charge is 0.379 e. The van der Waals surface area contributed by atoms with Crippen molar-refractivity contribution in [2.24, 2.45) is 0 Å². The van der Waals surface area contributed by atoms with Crippen LogP contribution in [-0.2, 0) is 27.3 Å². The van der Waals surface area contributed by atoms with E-state index in [1.165, 1.54) is 5.56 Å². The first kappa shape index (κ1) is 13.4. The van der Waals surface area contributed by atoms with Crippen LogP contribution in [-0.4, -0.2) is 37.6 Å². The van der Waals surface area contributed by atoms with Crippen LogP contribution in [0.3, 0.4) is 0 Å². The highest BCUT2D eigenvalue weighted by molar-refractivity contribution is 5.31. The van der Waals surface area contributed by atoms with Gasteiger partial charge < -0.3 is 18.9 Å². The molecule has 102 valence electrons. The number of aryl methyl sites for hydroxylation is 1. The van der Waals surface area contributed by atoms with Crippen LogP contribution in [0.15, 0.2) is 12.4 Å². The summed E-state index contributed by atoms with van der Waals surface area (Å²) in [5, 5.41) is 0. The topological polar surface area (TPSA) is 41.9 Å². The van der Waals surface area contributed by atoms with Gasteiger partial charge in [-0.1, -0.05) is 0 Å². The van der Waals surface area contributed by atoms with Gasteiger partial charge in [0.25, 0.3) is 0 Å². The highest BCUT2D eigenvalue weighted by Gasteiger charge is 2.12. The number of ether oxygens (including phenoxy) is 2. The van der Waals surface area contributed by atoms with Crippen LogP contribution in [0.4, 0.5) is 0 Å². The molecule has 2 rings (SSSR count). The minimum Gasteiger partial charge on any atom is -0.379 e. The van der Waals surface area contributed by atoms with E-state index in [0.29, 0.717) is 26.4 Å². The van der Waals surface area contributed by atoms with Gasteiger partial charge in [-0.2, -0.15) is 4.89 Å². The first-order chi connectivity index (χ1) is 8.90. The highest BCUT2D eigenvalue weighted by Crippen LogP contribution is 2.24. The van der Waals surface area contributed by atoms with Crippen molar-refractivity contribution in [3.8, 4) is 5.75 Å². The molecule has 2 heterocycles. The van der Waals surface area contributed by atoms with Gasteiger partial charge in [0.15, 0.2) is 5.75 Å². The molecule has 0 radical (unpaired) electrons. The van der Waals surface area contributed by atoms with Gasteiger partial charge in [-0.15, -0.1) is 0 Å². The van der Waals surface area contributed by atoms with E-state index in [-0.39, 0.29) is 0 Å². The van der Waals surface area contributed by atoms with Crippen LogP contribution >= 0.6 is 0 Å². The molecular weight excluding hydrogens is 234 g/mol. The Morgan fingerprint density at radius 2 is 2.11 bits per heavy atom. The second-order valence-corrected chi connectivity index (χ2v) is 4.20. The van der Waals surface area contributed by atoms with Crippen LogP contribution in [0.25, 0.3) is 0 Å². The van der Waals surface area contributed by atoms with Gasteiger partial charge in [0.05, 0.1) is 32.6 Å². The maximum atomic E-state index is 5.48. The molecule has 5 nitrogen and oxygen atoms in total. The first-order valence-electron chi connectivity index (χ1n) is 6.53. The summed E-state index contributed by atoms with van der Waals surface area (Å²) in [4.78, 5) is 10.2. The van der Waals surface area contributed by atoms with Crippen LogP contribution in [0.5, 0.6) is 5.75 Å². The fourth-order valence-electron chi connectivity index (χ4n) is 1.89. The molecule has 1 aliphatic heterocycles. The Bertz CT molecular complexity index is 327. The number of hydrogen-bond acceptors (Lipinski definition) is 4. The maximum Gasteiger partial charge on any atom is 0.186 e. The van der Waals surface area contributed by atoms with Crippen LogP contribution < -0.4 is 4.89 Å². The van der Waals surface area contributed by atoms with E-state index >= 15 is 0 Å². The lowest BCUT2D eigenvalue weighted by atomic mass is 10.2. The van der Waals surface area contributed by atoms with Crippen molar-refractivity contribution in [1.29, 1.82) is 0 Å². The Morgan fingerprint density at radius 3 is 3.00 bits per heavy atom. The number of fused-ring (bicyclic) bond motifs is 1. The third-order valence-electron chi connectivity index (χ3n) is 2.81. The number of hydrogen-bond donors (Lipinski definition) is 0. The lowest BCUT2D eigenvalue weighted by Crippen LogP contribution is -2.09. The van der Waals surface area contributed by atoms with E-state index in [2.05, 4.69) is 10.8 Å². The zero-order chi connectivity index (χ0) is 12.6. The normalized spacial score (nSPS) is 14.9. The Labute approximate surface area is 108 Å². The summed E-state index contributed by atoms with van der Waals surface area (Å²) >= 11 is 0. The van der Waals surface area contributed by atoms with E-state index in [9.17, 15) is 0 Å². The highest BCUT2D eigenvalue weighted by atomic mass is 17.2. The summed E-state index contributed by atoms with van der Waals surface area (Å²) in [5.74, 6) is 0.835. The predicted molar refractivity (Wildman–Crippen MR) is 66.6 cm³/mol.